The number of nitro benzene ring substituents is 1. The number of esters is 1. The number of non-ortho nitro benzene ring substituents is 1. The van der Waals surface area contributed by atoms with Crippen molar-refractivity contribution in [2.75, 3.05) is 5.06 Å². The van der Waals surface area contributed by atoms with Crippen molar-refractivity contribution in [2.24, 2.45) is 0 Å². The first-order valence-corrected chi connectivity index (χ1v) is 6.29. The van der Waals surface area contributed by atoms with Gasteiger partial charge < -0.3 is 4.74 Å². The van der Waals surface area contributed by atoms with Gasteiger partial charge in [-0.1, -0.05) is 12.2 Å². The van der Waals surface area contributed by atoms with Crippen LogP contribution in [0.1, 0.15) is 20.8 Å². The van der Waals surface area contributed by atoms with Gasteiger partial charge in [0.05, 0.1) is 10.6 Å². The second kappa shape index (κ2) is 6.85. The van der Waals surface area contributed by atoms with Gasteiger partial charge in [0.1, 0.15) is 12.1 Å². The van der Waals surface area contributed by atoms with E-state index >= 15 is 0 Å². The van der Waals surface area contributed by atoms with Crippen LogP contribution in [0.3, 0.4) is 0 Å². The molecular formula is C14H18N2O5. The minimum absolute atomic E-state index is 0.0768. The zero-order valence-electron chi connectivity index (χ0n) is 12.1. The Labute approximate surface area is 122 Å². The molecule has 0 unspecified atom stereocenters. The average molecular weight is 294 g/mol. The van der Waals surface area contributed by atoms with Crippen molar-refractivity contribution in [1.82, 2.24) is 0 Å². The van der Waals surface area contributed by atoms with Crippen LogP contribution in [0, 0.1) is 10.1 Å². The predicted octanol–water partition coefficient (Wildman–Crippen LogP) is 2.69. The molecule has 1 aromatic carbocycles. The summed E-state index contributed by atoms with van der Waals surface area (Å²) in [5, 5.41) is 21.8. The number of nitro groups is 1. The molecule has 0 aromatic heterocycles. The maximum atomic E-state index is 11.0. The van der Waals surface area contributed by atoms with E-state index in [2.05, 4.69) is 6.58 Å². The number of benzene rings is 1. The van der Waals surface area contributed by atoms with E-state index in [-0.39, 0.29) is 5.69 Å². The monoisotopic (exact) mass is 294 g/mol. The molecule has 0 saturated carbocycles. The maximum Gasteiger partial charge on any atom is 0.302 e. The number of ether oxygens (including phenoxy) is 1. The third kappa shape index (κ3) is 4.28. The van der Waals surface area contributed by atoms with Crippen LogP contribution in [0.2, 0.25) is 0 Å². The Morgan fingerprint density at radius 3 is 2.29 bits per heavy atom. The maximum absolute atomic E-state index is 11.0. The van der Waals surface area contributed by atoms with Crippen LogP contribution >= 0.6 is 0 Å². The molecule has 0 bridgehead atoms. The van der Waals surface area contributed by atoms with Crippen molar-refractivity contribution in [3.63, 3.8) is 0 Å². The number of anilines is 1. The van der Waals surface area contributed by atoms with Gasteiger partial charge in [0.15, 0.2) is 0 Å². The molecule has 0 radical (unpaired) electrons. The Morgan fingerprint density at radius 2 is 1.90 bits per heavy atom. The zero-order valence-corrected chi connectivity index (χ0v) is 12.1. The largest absolute Gasteiger partial charge is 0.460 e. The van der Waals surface area contributed by atoms with Crippen molar-refractivity contribution in [1.29, 1.82) is 0 Å². The number of carbonyl (C=O) groups is 1. The van der Waals surface area contributed by atoms with Crippen LogP contribution in [0.5, 0.6) is 0 Å². The van der Waals surface area contributed by atoms with Gasteiger partial charge in [-0.25, -0.2) is 5.06 Å². The van der Waals surface area contributed by atoms with Crippen LogP contribution in [0.15, 0.2) is 36.4 Å². The zero-order chi connectivity index (χ0) is 16.2. The summed E-state index contributed by atoms with van der Waals surface area (Å²) in [7, 11) is 0. The van der Waals surface area contributed by atoms with Crippen molar-refractivity contribution < 1.29 is 19.7 Å². The van der Waals surface area contributed by atoms with E-state index in [9.17, 15) is 20.1 Å². The van der Waals surface area contributed by atoms with Crippen LogP contribution in [-0.4, -0.2) is 28.2 Å². The molecule has 0 aliphatic carbocycles. The molecule has 0 saturated heterocycles. The summed E-state index contributed by atoms with van der Waals surface area (Å²) >= 11 is 0. The molecule has 0 fully saturated rings. The van der Waals surface area contributed by atoms with Crippen molar-refractivity contribution >= 4 is 17.3 Å². The topological polar surface area (TPSA) is 92.9 Å². The van der Waals surface area contributed by atoms with E-state index in [1.54, 1.807) is 13.8 Å². The van der Waals surface area contributed by atoms with E-state index in [1.807, 2.05) is 0 Å². The molecule has 21 heavy (non-hydrogen) atoms. The van der Waals surface area contributed by atoms with E-state index in [0.717, 1.165) is 5.06 Å². The lowest BCUT2D eigenvalue weighted by atomic mass is 10.0. The highest BCUT2D eigenvalue weighted by Crippen LogP contribution is 2.24. The van der Waals surface area contributed by atoms with Crippen molar-refractivity contribution in [3.8, 4) is 0 Å². The van der Waals surface area contributed by atoms with Crippen molar-refractivity contribution in [3.05, 3.63) is 46.5 Å². The number of nitrogens with zero attached hydrogens (tertiary/aromatic N) is 2. The predicted molar refractivity (Wildman–Crippen MR) is 77.2 cm³/mol. The first-order valence-electron chi connectivity index (χ1n) is 6.29. The lowest BCUT2D eigenvalue weighted by Crippen LogP contribution is -2.43. The fourth-order valence-electron chi connectivity index (χ4n) is 2.02. The molecule has 0 aliphatic rings. The van der Waals surface area contributed by atoms with Gasteiger partial charge in [-0.2, -0.15) is 0 Å². The number of hydrogen-bond acceptors (Lipinski definition) is 6. The molecule has 2 atom stereocenters. The lowest BCUT2D eigenvalue weighted by molar-refractivity contribution is -0.384. The Bertz CT molecular complexity index is 541. The Balaban J connectivity index is 3.00. The van der Waals surface area contributed by atoms with Gasteiger partial charge in [-0.15, -0.1) is 0 Å². The third-order valence-corrected chi connectivity index (χ3v) is 2.89. The van der Waals surface area contributed by atoms with Crippen LogP contribution in [-0.2, 0) is 9.53 Å². The summed E-state index contributed by atoms with van der Waals surface area (Å²) in [5.74, 6) is -0.467. The molecule has 0 spiro atoms. The molecule has 1 aromatic rings. The van der Waals surface area contributed by atoms with Crippen molar-refractivity contribution in [2.45, 2.75) is 32.9 Å². The molecule has 0 heterocycles. The van der Waals surface area contributed by atoms with E-state index in [0.29, 0.717) is 11.3 Å². The number of rotatable bonds is 6. The summed E-state index contributed by atoms with van der Waals surface area (Å²) < 4.78 is 5.07. The van der Waals surface area contributed by atoms with Gasteiger partial charge >= 0.3 is 5.97 Å². The molecule has 1 rings (SSSR count). The smallest absolute Gasteiger partial charge is 0.302 e. The normalized spacial score (nSPS) is 13.1. The molecular weight excluding hydrogens is 276 g/mol. The summed E-state index contributed by atoms with van der Waals surface area (Å²) in [6.45, 7) is 8.38. The quantitative estimate of drug-likeness (QED) is 0.375. The van der Waals surface area contributed by atoms with Crippen LogP contribution < -0.4 is 5.06 Å². The highest BCUT2D eigenvalue weighted by atomic mass is 16.6. The van der Waals surface area contributed by atoms with E-state index < -0.39 is 23.0 Å². The molecule has 7 heteroatoms. The Kier molecular flexibility index (Phi) is 5.43. The minimum atomic E-state index is -0.657. The summed E-state index contributed by atoms with van der Waals surface area (Å²) in [6.07, 6.45) is -0.625. The second-order valence-corrected chi connectivity index (χ2v) is 4.72. The highest BCUT2D eigenvalue weighted by Gasteiger charge is 2.27. The van der Waals surface area contributed by atoms with Gasteiger partial charge in [0.25, 0.3) is 5.69 Å². The number of hydroxylamine groups is 1. The standard InChI is InChI=1S/C14H18N2O5/c1-9(2)14(10(3)21-11(4)17)15(18)12-5-7-13(8-6-12)16(19)20/h5-8,10,14,18H,1H2,2-4H3/t10-,14+/m0/s1. The summed E-state index contributed by atoms with van der Waals surface area (Å²) in [4.78, 5) is 21.1. The minimum Gasteiger partial charge on any atom is -0.460 e. The van der Waals surface area contributed by atoms with Gasteiger partial charge in [0.2, 0.25) is 0 Å². The first-order chi connectivity index (χ1) is 9.73. The van der Waals surface area contributed by atoms with E-state index in [1.165, 1.54) is 31.2 Å². The Hall–Kier alpha value is -2.41. The average Bonchev–Trinajstić information content (AvgIpc) is 2.37. The van der Waals surface area contributed by atoms with Crippen LogP contribution in [0.4, 0.5) is 11.4 Å². The van der Waals surface area contributed by atoms with Gasteiger partial charge in [-0.3, -0.25) is 20.1 Å². The van der Waals surface area contributed by atoms with Gasteiger partial charge in [0, 0.05) is 19.1 Å². The Morgan fingerprint density at radius 1 is 1.38 bits per heavy atom. The number of hydrogen-bond donors (Lipinski definition) is 1. The van der Waals surface area contributed by atoms with Crippen LogP contribution in [0.25, 0.3) is 0 Å². The molecule has 114 valence electrons. The second-order valence-electron chi connectivity index (χ2n) is 4.72. The molecule has 0 aliphatic heterocycles. The fourth-order valence-corrected chi connectivity index (χ4v) is 2.02. The fraction of sp³-hybridized carbons (Fsp3) is 0.357. The summed E-state index contributed by atoms with van der Waals surface area (Å²) in [6, 6.07) is 4.73. The molecule has 7 nitrogen and oxygen atoms in total. The number of carbonyl (C=O) groups excluding carboxylic acids is 1. The SMILES string of the molecule is C=C(C)[C@H]([C@H](C)OC(C)=O)N(O)c1ccc([N+](=O)[O-])cc1. The van der Waals surface area contributed by atoms with E-state index in [4.69, 9.17) is 4.74 Å². The molecule has 1 N–H and O–H groups in total. The highest BCUT2D eigenvalue weighted by molar-refractivity contribution is 5.66. The lowest BCUT2D eigenvalue weighted by Gasteiger charge is -2.32. The molecule has 0 amide bonds. The third-order valence-electron chi connectivity index (χ3n) is 2.89. The summed E-state index contributed by atoms with van der Waals surface area (Å²) in [5.41, 5.74) is 0.851. The first kappa shape index (κ1) is 16.6. The van der Waals surface area contributed by atoms with Gasteiger partial charge in [-0.05, 0) is 26.0 Å².